The van der Waals surface area contributed by atoms with Crippen LogP contribution >= 0.6 is 0 Å². The summed E-state index contributed by atoms with van der Waals surface area (Å²) in [5, 5.41) is 0. The molecule has 0 aliphatic carbocycles. The summed E-state index contributed by atoms with van der Waals surface area (Å²) in [6.07, 6.45) is 1.82. The average Bonchev–Trinajstić information content (AvgIpc) is 2.53. The summed E-state index contributed by atoms with van der Waals surface area (Å²) < 4.78 is 5.84. The molecule has 0 radical (unpaired) electrons. The number of hydrogen-bond donors (Lipinski definition) is 0. The van der Waals surface area contributed by atoms with E-state index in [1.165, 1.54) is 22.3 Å². The molecule has 2 rings (SSSR count). The molecule has 1 aliphatic heterocycles. The molecule has 2 nitrogen and oxygen atoms in total. The van der Waals surface area contributed by atoms with Crippen LogP contribution in [0.4, 0.5) is 0 Å². The van der Waals surface area contributed by atoms with Crippen LogP contribution in [0.25, 0.3) is 5.57 Å². The molecule has 1 aromatic carbocycles. The second-order valence-corrected chi connectivity index (χ2v) is 8.17. The van der Waals surface area contributed by atoms with Gasteiger partial charge < -0.3 is 4.74 Å². The van der Waals surface area contributed by atoms with Crippen LogP contribution in [-0.4, -0.2) is 36.7 Å². The first-order chi connectivity index (χ1) is 11.2. The van der Waals surface area contributed by atoms with Gasteiger partial charge in [-0.15, -0.1) is 0 Å². The van der Waals surface area contributed by atoms with Gasteiger partial charge in [0.05, 0.1) is 12.2 Å². The molecular formula is C22H35NO. The van der Waals surface area contributed by atoms with Gasteiger partial charge in [0, 0.05) is 19.6 Å². The van der Waals surface area contributed by atoms with Crippen LogP contribution in [-0.2, 0) is 10.2 Å². The van der Waals surface area contributed by atoms with Crippen LogP contribution in [0.15, 0.2) is 29.8 Å². The minimum Gasteiger partial charge on any atom is -0.373 e. The fraction of sp³-hybridized carbons (Fsp3) is 0.636. The van der Waals surface area contributed by atoms with E-state index in [1.807, 2.05) is 0 Å². The molecule has 0 amide bonds. The summed E-state index contributed by atoms with van der Waals surface area (Å²) in [7, 11) is 0. The highest BCUT2D eigenvalue weighted by atomic mass is 16.5. The summed E-state index contributed by atoms with van der Waals surface area (Å²) in [5.74, 6) is 0. The Hall–Kier alpha value is -1.12. The highest BCUT2D eigenvalue weighted by Crippen LogP contribution is 2.28. The van der Waals surface area contributed by atoms with Crippen LogP contribution in [0.1, 0.15) is 66.0 Å². The van der Waals surface area contributed by atoms with E-state index in [-0.39, 0.29) is 5.41 Å². The van der Waals surface area contributed by atoms with E-state index >= 15 is 0 Å². The quantitative estimate of drug-likeness (QED) is 0.729. The van der Waals surface area contributed by atoms with Crippen LogP contribution in [0.5, 0.6) is 0 Å². The molecule has 2 atom stereocenters. The second kappa shape index (κ2) is 7.84. The van der Waals surface area contributed by atoms with Gasteiger partial charge in [-0.2, -0.15) is 0 Å². The van der Waals surface area contributed by atoms with Crippen molar-refractivity contribution in [3.8, 4) is 0 Å². The Morgan fingerprint density at radius 2 is 1.62 bits per heavy atom. The molecule has 1 fully saturated rings. The number of allylic oxidation sites excluding steroid dienone is 1. The van der Waals surface area contributed by atoms with Crippen molar-refractivity contribution in [2.45, 2.75) is 72.5 Å². The maximum absolute atomic E-state index is 5.84. The average molecular weight is 330 g/mol. The van der Waals surface area contributed by atoms with E-state index in [4.69, 9.17) is 4.74 Å². The smallest absolute Gasteiger partial charge is 0.0678 e. The Kier molecular flexibility index (Phi) is 6.28. The number of benzene rings is 1. The van der Waals surface area contributed by atoms with Crippen molar-refractivity contribution in [2.75, 3.05) is 19.6 Å². The first-order valence-electron chi connectivity index (χ1n) is 9.38. The first-order valence-corrected chi connectivity index (χ1v) is 9.38. The van der Waals surface area contributed by atoms with Gasteiger partial charge in [-0.1, -0.05) is 50.6 Å². The largest absolute Gasteiger partial charge is 0.373 e. The topological polar surface area (TPSA) is 12.5 Å². The van der Waals surface area contributed by atoms with Crippen LogP contribution in [0.3, 0.4) is 0 Å². The predicted molar refractivity (Wildman–Crippen MR) is 104 cm³/mol. The molecule has 1 aliphatic rings. The van der Waals surface area contributed by atoms with Crippen molar-refractivity contribution in [2.24, 2.45) is 0 Å². The van der Waals surface area contributed by atoms with Crippen molar-refractivity contribution in [3.63, 3.8) is 0 Å². The van der Waals surface area contributed by atoms with E-state index in [0.29, 0.717) is 12.2 Å². The zero-order valence-electron chi connectivity index (χ0n) is 16.6. The van der Waals surface area contributed by atoms with E-state index in [2.05, 4.69) is 77.6 Å². The van der Waals surface area contributed by atoms with Gasteiger partial charge in [-0.05, 0) is 56.2 Å². The monoisotopic (exact) mass is 329 g/mol. The molecule has 1 heterocycles. The number of hydrogen-bond acceptors (Lipinski definition) is 2. The van der Waals surface area contributed by atoms with Crippen molar-refractivity contribution in [1.82, 2.24) is 4.90 Å². The Morgan fingerprint density at radius 1 is 1.08 bits per heavy atom. The van der Waals surface area contributed by atoms with Crippen LogP contribution in [0.2, 0.25) is 0 Å². The summed E-state index contributed by atoms with van der Waals surface area (Å²) >= 11 is 0. The lowest BCUT2D eigenvalue weighted by molar-refractivity contribution is -0.0652. The van der Waals surface area contributed by atoms with Crippen molar-refractivity contribution in [3.05, 3.63) is 41.0 Å². The molecule has 2 unspecified atom stereocenters. The molecule has 0 aromatic heterocycles. The predicted octanol–water partition coefficient (Wildman–Crippen LogP) is 5.28. The zero-order chi connectivity index (χ0) is 17.9. The van der Waals surface area contributed by atoms with Crippen molar-refractivity contribution >= 4 is 5.57 Å². The lowest BCUT2D eigenvalue weighted by Gasteiger charge is -2.35. The fourth-order valence-corrected chi connectivity index (χ4v) is 3.49. The van der Waals surface area contributed by atoms with E-state index in [1.54, 1.807) is 0 Å². The molecule has 0 spiro atoms. The molecular weight excluding hydrogens is 294 g/mol. The molecule has 0 bridgehead atoms. The van der Waals surface area contributed by atoms with Gasteiger partial charge in [-0.25, -0.2) is 0 Å². The maximum Gasteiger partial charge on any atom is 0.0678 e. The molecule has 24 heavy (non-hydrogen) atoms. The van der Waals surface area contributed by atoms with Gasteiger partial charge in [0.2, 0.25) is 0 Å². The summed E-state index contributed by atoms with van der Waals surface area (Å²) in [6.45, 7) is 18.8. The molecule has 1 saturated heterocycles. The third-order valence-electron chi connectivity index (χ3n) is 5.58. The van der Waals surface area contributed by atoms with Crippen LogP contribution < -0.4 is 0 Å². The Bertz CT molecular complexity index is 560. The fourth-order valence-electron chi connectivity index (χ4n) is 3.49. The summed E-state index contributed by atoms with van der Waals surface area (Å²) in [6, 6.07) is 9.18. The minimum atomic E-state index is 0.255. The Labute approximate surface area is 148 Å². The zero-order valence-corrected chi connectivity index (χ0v) is 16.6. The Balaban J connectivity index is 2.11. The molecule has 134 valence electrons. The maximum atomic E-state index is 5.84. The Morgan fingerprint density at radius 3 is 2.12 bits per heavy atom. The third kappa shape index (κ3) is 4.70. The van der Waals surface area contributed by atoms with Crippen molar-refractivity contribution in [1.29, 1.82) is 0 Å². The highest BCUT2D eigenvalue weighted by Gasteiger charge is 2.22. The molecule has 0 N–H and O–H groups in total. The van der Waals surface area contributed by atoms with Crippen LogP contribution in [0, 0.1) is 0 Å². The number of ether oxygens (including phenoxy) is 1. The van der Waals surface area contributed by atoms with Crippen molar-refractivity contribution < 1.29 is 4.74 Å². The van der Waals surface area contributed by atoms with Gasteiger partial charge in [0.1, 0.15) is 0 Å². The van der Waals surface area contributed by atoms with Gasteiger partial charge in [-0.3, -0.25) is 4.90 Å². The highest BCUT2D eigenvalue weighted by molar-refractivity contribution is 5.67. The molecule has 2 heteroatoms. The van der Waals surface area contributed by atoms with Gasteiger partial charge in [0.15, 0.2) is 0 Å². The summed E-state index contributed by atoms with van der Waals surface area (Å²) in [5.41, 5.74) is 5.89. The normalized spacial score (nSPS) is 24.0. The van der Waals surface area contributed by atoms with E-state index < -0.39 is 0 Å². The molecule has 1 aromatic rings. The van der Waals surface area contributed by atoms with E-state index in [9.17, 15) is 0 Å². The minimum absolute atomic E-state index is 0.255. The standard InChI is InChI=1S/C22H35NO/c1-8-22(6,7)21-11-9-20(10-12-21)19(5)16(2)13-23-14-17(3)24-18(4)15-23/h9-12,17-18H,8,13-15H2,1-7H3. The third-order valence-corrected chi connectivity index (χ3v) is 5.58. The van der Waals surface area contributed by atoms with Gasteiger partial charge in [0.25, 0.3) is 0 Å². The second-order valence-electron chi connectivity index (χ2n) is 8.17. The first kappa shape index (κ1) is 19.2. The number of nitrogens with zero attached hydrogens (tertiary/aromatic N) is 1. The molecule has 0 saturated carbocycles. The number of morpholine rings is 1. The SMILES string of the molecule is CCC(C)(C)c1ccc(C(C)=C(C)CN2CC(C)OC(C)C2)cc1. The van der Waals surface area contributed by atoms with E-state index in [0.717, 1.165) is 26.1 Å². The number of rotatable bonds is 5. The summed E-state index contributed by atoms with van der Waals surface area (Å²) in [4.78, 5) is 2.52. The lowest BCUT2D eigenvalue weighted by atomic mass is 9.81. The lowest BCUT2D eigenvalue weighted by Crippen LogP contribution is -2.45. The van der Waals surface area contributed by atoms with Gasteiger partial charge >= 0.3 is 0 Å².